The highest BCUT2D eigenvalue weighted by atomic mass is 16.5. The molecule has 0 aliphatic heterocycles. The third kappa shape index (κ3) is 3.64. The summed E-state index contributed by atoms with van der Waals surface area (Å²) in [5, 5.41) is 12.8. The molecule has 0 aromatic rings. The molecule has 0 radical (unpaired) electrons. The number of carbonyl (C=O) groups is 1. The predicted molar refractivity (Wildman–Crippen MR) is 50.4 cm³/mol. The fraction of sp³-hybridized carbons (Fsp3) is 0.875. The lowest BCUT2D eigenvalue weighted by atomic mass is 10.0. The van der Waals surface area contributed by atoms with Gasteiger partial charge in [0, 0.05) is 4.91 Å². The Morgan fingerprint density at radius 3 is 2.57 bits per heavy atom. The van der Waals surface area contributed by atoms with Crippen molar-refractivity contribution in [2.24, 2.45) is 11.0 Å². The van der Waals surface area contributed by atoms with Gasteiger partial charge in [-0.1, -0.05) is 19.0 Å². The number of esters is 1. The molecule has 0 fully saturated rings. The summed E-state index contributed by atoms with van der Waals surface area (Å²) in [6.07, 6.45) is -1.01. The van der Waals surface area contributed by atoms with Crippen LogP contribution in [0.3, 0.4) is 0 Å². The lowest BCUT2D eigenvalue weighted by Crippen LogP contribution is -2.37. The van der Waals surface area contributed by atoms with Crippen molar-refractivity contribution in [3.63, 3.8) is 0 Å². The topological polar surface area (TPSA) is 95.3 Å². The third-order valence-corrected chi connectivity index (χ3v) is 1.71. The van der Waals surface area contributed by atoms with Gasteiger partial charge in [-0.25, -0.2) is 0 Å². The zero-order valence-electron chi connectivity index (χ0n) is 8.54. The number of aliphatic hydroxyl groups is 1. The standard InChI is InChI=1S/C8H15N3O3/c1-4-14-8(13)6(10-11-9)7(12)5(2)3/h5-7,12H,4H2,1-3H3. The van der Waals surface area contributed by atoms with Crippen LogP contribution >= 0.6 is 0 Å². The van der Waals surface area contributed by atoms with E-state index in [1.54, 1.807) is 20.8 Å². The van der Waals surface area contributed by atoms with E-state index < -0.39 is 18.1 Å². The molecular weight excluding hydrogens is 186 g/mol. The van der Waals surface area contributed by atoms with Crippen LogP contribution in [0, 0.1) is 5.92 Å². The van der Waals surface area contributed by atoms with Crippen LogP contribution < -0.4 is 0 Å². The highest BCUT2D eigenvalue weighted by molar-refractivity contribution is 5.76. The van der Waals surface area contributed by atoms with E-state index in [-0.39, 0.29) is 12.5 Å². The third-order valence-electron chi connectivity index (χ3n) is 1.71. The second kappa shape index (κ2) is 6.23. The minimum atomic E-state index is -1.15. The Labute approximate surface area is 82.5 Å². The Kier molecular flexibility index (Phi) is 5.67. The van der Waals surface area contributed by atoms with E-state index in [4.69, 9.17) is 5.53 Å². The first-order chi connectivity index (χ1) is 6.54. The highest BCUT2D eigenvalue weighted by Gasteiger charge is 2.29. The summed E-state index contributed by atoms with van der Waals surface area (Å²) in [4.78, 5) is 13.7. The van der Waals surface area contributed by atoms with Gasteiger partial charge in [-0.15, -0.1) is 0 Å². The first kappa shape index (κ1) is 12.7. The molecule has 2 atom stereocenters. The van der Waals surface area contributed by atoms with Crippen LogP contribution in [-0.2, 0) is 9.53 Å². The number of azide groups is 1. The molecule has 0 bridgehead atoms. The largest absolute Gasteiger partial charge is 0.466 e. The Morgan fingerprint density at radius 1 is 1.64 bits per heavy atom. The van der Waals surface area contributed by atoms with Crippen LogP contribution in [0.15, 0.2) is 5.11 Å². The van der Waals surface area contributed by atoms with Gasteiger partial charge in [0.15, 0.2) is 6.04 Å². The highest BCUT2D eigenvalue weighted by Crippen LogP contribution is 2.11. The maximum Gasteiger partial charge on any atom is 0.317 e. The Hall–Kier alpha value is -1.26. The lowest BCUT2D eigenvalue weighted by molar-refractivity contribution is -0.148. The van der Waals surface area contributed by atoms with Crippen LogP contribution in [0.25, 0.3) is 10.4 Å². The van der Waals surface area contributed by atoms with Crippen LogP contribution in [0.4, 0.5) is 0 Å². The second-order valence-electron chi connectivity index (χ2n) is 3.14. The van der Waals surface area contributed by atoms with Crippen molar-refractivity contribution >= 4 is 5.97 Å². The van der Waals surface area contributed by atoms with E-state index in [2.05, 4.69) is 14.8 Å². The minimum absolute atomic E-state index is 0.171. The van der Waals surface area contributed by atoms with Gasteiger partial charge in [0.2, 0.25) is 0 Å². The molecule has 1 N–H and O–H groups in total. The van der Waals surface area contributed by atoms with E-state index in [1.165, 1.54) is 0 Å². The van der Waals surface area contributed by atoms with Crippen LogP contribution in [0.1, 0.15) is 20.8 Å². The van der Waals surface area contributed by atoms with Gasteiger partial charge < -0.3 is 9.84 Å². The quantitative estimate of drug-likeness (QED) is 0.314. The average Bonchev–Trinajstić information content (AvgIpc) is 2.13. The van der Waals surface area contributed by atoms with Crippen LogP contribution in [0.2, 0.25) is 0 Å². The summed E-state index contributed by atoms with van der Waals surface area (Å²) in [5.41, 5.74) is 8.22. The number of hydrogen-bond donors (Lipinski definition) is 1. The Bertz CT molecular complexity index is 236. The van der Waals surface area contributed by atoms with Crippen molar-refractivity contribution in [3.05, 3.63) is 10.4 Å². The van der Waals surface area contributed by atoms with Crippen LogP contribution in [0.5, 0.6) is 0 Å². The molecule has 0 saturated heterocycles. The first-order valence-corrected chi connectivity index (χ1v) is 4.43. The monoisotopic (exact) mass is 201 g/mol. The smallest absolute Gasteiger partial charge is 0.317 e. The maximum absolute atomic E-state index is 11.2. The molecule has 0 spiro atoms. The summed E-state index contributed by atoms with van der Waals surface area (Å²) in [6, 6.07) is -1.15. The molecule has 6 heteroatoms. The number of hydrogen-bond acceptors (Lipinski definition) is 4. The number of carbonyl (C=O) groups excluding carboxylic acids is 1. The zero-order chi connectivity index (χ0) is 11.1. The number of ether oxygens (including phenoxy) is 1. The molecule has 0 aliphatic rings. The molecule has 0 aromatic carbocycles. The van der Waals surface area contributed by atoms with Gasteiger partial charge in [0.1, 0.15) is 0 Å². The normalized spacial score (nSPS) is 14.4. The Morgan fingerprint density at radius 2 is 2.21 bits per heavy atom. The summed E-state index contributed by atoms with van der Waals surface area (Å²) in [5.74, 6) is -0.860. The summed E-state index contributed by atoms with van der Waals surface area (Å²) < 4.78 is 4.66. The molecular formula is C8H15N3O3. The van der Waals surface area contributed by atoms with E-state index in [0.717, 1.165) is 0 Å². The van der Waals surface area contributed by atoms with Gasteiger partial charge in [0.05, 0.1) is 12.7 Å². The van der Waals surface area contributed by atoms with Crippen molar-refractivity contribution in [2.75, 3.05) is 6.61 Å². The van der Waals surface area contributed by atoms with Crippen LogP contribution in [-0.4, -0.2) is 29.8 Å². The summed E-state index contributed by atoms with van der Waals surface area (Å²) >= 11 is 0. The maximum atomic E-state index is 11.2. The van der Waals surface area contributed by atoms with E-state index in [9.17, 15) is 9.90 Å². The zero-order valence-corrected chi connectivity index (χ0v) is 8.54. The summed E-state index contributed by atoms with van der Waals surface area (Å²) in [7, 11) is 0. The molecule has 0 rings (SSSR count). The van der Waals surface area contributed by atoms with Gasteiger partial charge in [-0.2, -0.15) is 0 Å². The van der Waals surface area contributed by atoms with Crippen molar-refractivity contribution in [3.8, 4) is 0 Å². The van der Waals surface area contributed by atoms with E-state index >= 15 is 0 Å². The number of nitrogens with zero attached hydrogens (tertiary/aromatic N) is 3. The molecule has 80 valence electrons. The first-order valence-electron chi connectivity index (χ1n) is 4.43. The molecule has 14 heavy (non-hydrogen) atoms. The van der Waals surface area contributed by atoms with Gasteiger partial charge >= 0.3 is 5.97 Å². The molecule has 0 aromatic heterocycles. The average molecular weight is 201 g/mol. The fourth-order valence-electron chi connectivity index (χ4n) is 0.903. The molecule has 0 aliphatic carbocycles. The molecule has 0 amide bonds. The fourth-order valence-corrected chi connectivity index (χ4v) is 0.903. The van der Waals surface area contributed by atoms with E-state index in [1.807, 2.05) is 0 Å². The molecule has 6 nitrogen and oxygen atoms in total. The van der Waals surface area contributed by atoms with Gasteiger partial charge in [-0.3, -0.25) is 4.79 Å². The van der Waals surface area contributed by atoms with Crippen molar-refractivity contribution in [2.45, 2.75) is 32.9 Å². The molecule has 2 unspecified atom stereocenters. The van der Waals surface area contributed by atoms with Crippen molar-refractivity contribution in [1.29, 1.82) is 0 Å². The lowest BCUT2D eigenvalue weighted by Gasteiger charge is -2.19. The minimum Gasteiger partial charge on any atom is -0.466 e. The summed E-state index contributed by atoms with van der Waals surface area (Å²) in [6.45, 7) is 5.29. The number of aliphatic hydroxyl groups excluding tert-OH is 1. The predicted octanol–water partition coefficient (Wildman–Crippen LogP) is 1.25. The van der Waals surface area contributed by atoms with E-state index in [0.29, 0.717) is 0 Å². The van der Waals surface area contributed by atoms with Crippen molar-refractivity contribution < 1.29 is 14.6 Å². The van der Waals surface area contributed by atoms with Gasteiger partial charge in [0.25, 0.3) is 0 Å². The molecule has 0 saturated carbocycles. The van der Waals surface area contributed by atoms with Gasteiger partial charge in [-0.05, 0) is 18.4 Å². The SMILES string of the molecule is CCOC(=O)C(N=[N+]=[N-])C(O)C(C)C. The van der Waals surface area contributed by atoms with Crippen molar-refractivity contribution in [1.82, 2.24) is 0 Å². The number of rotatable bonds is 5. The molecule has 0 heterocycles. The Balaban J connectivity index is 4.58. The second-order valence-corrected chi connectivity index (χ2v) is 3.14.